The van der Waals surface area contributed by atoms with E-state index < -0.39 is 0 Å². The van der Waals surface area contributed by atoms with Gasteiger partial charge in [0.15, 0.2) is 0 Å². The molecular weight excluding hydrogens is 352 g/mol. The fraction of sp³-hybridized carbons (Fsp3) is 0.294. The van der Waals surface area contributed by atoms with Crippen molar-refractivity contribution in [1.82, 2.24) is 0 Å². The van der Waals surface area contributed by atoms with Gasteiger partial charge in [0.1, 0.15) is 18.1 Å². The number of ether oxygens (including phenoxy) is 2. The Morgan fingerprint density at radius 2 is 1.86 bits per heavy atom. The summed E-state index contributed by atoms with van der Waals surface area (Å²) in [6.07, 6.45) is 0.982. The molecule has 0 unspecified atom stereocenters. The first-order valence-electron chi connectivity index (χ1n) is 6.92. The highest BCUT2D eigenvalue weighted by atomic mass is 79.9. The zero-order valence-corrected chi connectivity index (χ0v) is 14.3. The lowest BCUT2D eigenvalue weighted by Gasteiger charge is -2.13. The molecule has 2 rings (SSSR count). The second-order valence-electron chi connectivity index (χ2n) is 4.63. The van der Waals surface area contributed by atoms with Crippen molar-refractivity contribution in [2.45, 2.75) is 25.3 Å². The van der Waals surface area contributed by atoms with E-state index in [4.69, 9.17) is 21.1 Å². The zero-order chi connectivity index (χ0) is 15.1. The summed E-state index contributed by atoms with van der Waals surface area (Å²) in [5.74, 6) is 1.65. The van der Waals surface area contributed by atoms with Crippen LogP contribution in [0.25, 0.3) is 0 Å². The van der Waals surface area contributed by atoms with Crippen molar-refractivity contribution in [3.8, 4) is 11.5 Å². The lowest BCUT2D eigenvalue weighted by atomic mass is 10.2. The van der Waals surface area contributed by atoms with Gasteiger partial charge in [0, 0.05) is 27.5 Å². The number of benzene rings is 2. The van der Waals surface area contributed by atoms with Crippen LogP contribution in [0.1, 0.15) is 24.5 Å². The molecule has 0 amide bonds. The Bertz CT molecular complexity index is 587. The van der Waals surface area contributed by atoms with Gasteiger partial charge < -0.3 is 9.47 Å². The summed E-state index contributed by atoms with van der Waals surface area (Å²) < 4.78 is 11.6. The molecule has 2 nitrogen and oxygen atoms in total. The summed E-state index contributed by atoms with van der Waals surface area (Å²) >= 11 is 9.63. The van der Waals surface area contributed by atoms with Crippen LogP contribution < -0.4 is 9.47 Å². The van der Waals surface area contributed by atoms with E-state index in [9.17, 15) is 0 Å². The Morgan fingerprint density at radius 3 is 2.57 bits per heavy atom. The van der Waals surface area contributed by atoms with Crippen LogP contribution in [-0.2, 0) is 11.9 Å². The van der Waals surface area contributed by atoms with Crippen LogP contribution in [0.2, 0.25) is 5.02 Å². The Balaban J connectivity index is 2.12. The topological polar surface area (TPSA) is 18.5 Å². The lowest BCUT2D eigenvalue weighted by molar-refractivity contribution is 0.293. The van der Waals surface area contributed by atoms with Crippen molar-refractivity contribution in [3.63, 3.8) is 0 Å². The molecule has 2 aromatic carbocycles. The molecule has 0 aliphatic rings. The quantitative estimate of drug-likeness (QED) is 0.591. The first kappa shape index (κ1) is 16.2. The molecule has 112 valence electrons. The molecule has 0 fully saturated rings. The third-order valence-corrected chi connectivity index (χ3v) is 3.97. The number of alkyl halides is 1. The molecule has 0 atom stereocenters. The van der Waals surface area contributed by atoms with Crippen LogP contribution in [-0.4, -0.2) is 6.61 Å². The summed E-state index contributed by atoms with van der Waals surface area (Å²) in [5, 5.41) is 1.45. The predicted octanol–water partition coefficient (Wildman–Crippen LogP) is 5.60. The Hall–Kier alpha value is -1.19. The van der Waals surface area contributed by atoms with Crippen LogP contribution >= 0.6 is 27.5 Å². The van der Waals surface area contributed by atoms with Gasteiger partial charge in [-0.3, -0.25) is 0 Å². The van der Waals surface area contributed by atoms with E-state index in [0.29, 0.717) is 13.2 Å². The minimum atomic E-state index is 0.441. The SMILES string of the molecule is CCCOc1ccc(CBr)c(OCc2ccccc2Cl)c1. The van der Waals surface area contributed by atoms with Gasteiger partial charge in [-0.25, -0.2) is 0 Å². The summed E-state index contributed by atoms with van der Waals surface area (Å²) in [7, 11) is 0. The fourth-order valence-electron chi connectivity index (χ4n) is 1.86. The molecule has 2 aromatic rings. The third kappa shape index (κ3) is 4.65. The van der Waals surface area contributed by atoms with E-state index in [2.05, 4.69) is 22.9 Å². The molecule has 0 radical (unpaired) electrons. The molecule has 0 aliphatic heterocycles. The van der Waals surface area contributed by atoms with Crippen molar-refractivity contribution in [2.75, 3.05) is 6.61 Å². The van der Waals surface area contributed by atoms with Gasteiger partial charge in [-0.15, -0.1) is 0 Å². The molecular formula is C17H18BrClO2. The first-order valence-corrected chi connectivity index (χ1v) is 8.42. The molecule has 0 spiro atoms. The molecule has 0 aromatic heterocycles. The van der Waals surface area contributed by atoms with Crippen LogP contribution in [0.3, 0.4) is 0 Å². The standard InChI is InChI=1S/C17H18BrClO2/c1-2-9-20-15-8-7-13(11-18)17(10-15)21-12-14-5-3-4-6-16(14)19/h3-8,10H,2,9,11-12H2,1H3. The van der Waals surface area contributed by atoms with E-state index in [0.717, 1.165) is 39.4 Å². The summed E-state index contributed by atoms with van der Waals surface area (Å²) in [5.41, 5.74) is 2.06. The highest BCUT2D eigenvalue weighted by Gasteiger charge is 2.07. The Morgan fingerprint density at radius 1 is 1.05 bits per heavy atom. The van der Waals surface area contributed by atoms with Gasteiger partial charge in [-0.05, 0) is 18.6 Å². The maximum atomic E-state index is 6.15. The van der Waals surface area contributed by atoms with E-state index >= 15 is 0 Å². The normalized spacial score (nSPS) is 10.4. The average molecular weight is 370 g/mol. The highest BCUT2D eigenvalue weighted by molar-refractivity contribution is 9.08. The van der Waals surface area contributed by atoms with Crippen LogP contribution in [0.5, 0.6) is 11.5 Å². The minimum Gasteiger partial charge on any atom is -0.493 e. The third-order valence-electron chi connectivity index (χ3n) is 3.00. The highest BCUT2D eigenvalue weighted by Crippen LogP contribution is 2.28. The van der Waals surface area contributed by atoms with Gasteiger partial charge in [0.2, 0.25) is 0 Å². The van der Waals surface area contributed by atoms with E-state index in [-0.39, 0.29) is 0 Å². The second kappa shape index (κ2) is 8.30. The number of hydrogen-bond donors (Lipinski definition) is 0. The maximum absolute atomic E-state index is 6.15. The van der Waals surface area contributed by atoms with Gasteiger partial charge >= 0.3 is 0 Å². The monoisotopic (exact) mass is 368 g/mol. The van der Waals surface area contributed by atoms with Gasteiger partial charge in [-0.2, -0.15) is 0 Å². The predicted molar refractivity (Wildman–Crippen MR) is 90.6 cm³/mol. The first-order chi connectivity index (χ1) is 10.2. The zero-order valence-electron chi connectivity index (χ0n) is 11.9. The number of halogens is 2. The van der Waals surface area contributed by atoms with Crippen molar-refractivity contribution in [1.29, 1.82) is 0 Å². The number of rotatable bonds is 7. The van der Waals surface area contributed by atoms with E-state index in [1.807, 2.05) is 42.5 Å². The van der Waals surface area contributed by atoms with Crippen LogP contribution in [0, 0.1) is 0 Å². The van der Waals surface area contributed by atoms with Crippen LogP contribution in [0.4, 0.5) is 0 Å². The lowest BCUT2D eigenvalue weighted by Crippen LogP contribution is -2.00. The van der Waals surface area contributed by atoms with Crippen molar-refractivity contribution >= 4 is 27.5 Å². The van der Waals surface area contributed by atoms with Crippen molar-refractivity contribution < 1.29 is 9.47 Å². The largest absolute Gasteiger partial charge is 0.493 e. The molecule has 0 aliphatic carbocycles. The molecule has 21 heavy (non-hydrogen) atoms. The second-order valence-corrected chi connectivity index (χ2v) is 5.60. The maximum Gasteiger partial charge on any atom is 0.127 e. The summed E-state index contributed by atoms with van der Waals surface area (Å²) in [6, 6.07) is 13.6. The average Bonchev–Trinajstić information content (AvgIpc) is 2.52. The fourth-order valence-corrected chi connectivity index (χ4v) is 2.51. The molecule has 0 saturated heterocycles. The minimum absolute atomic E-state index is 0.441. The molecule has 4 heteroatoms. The summed E-state index contributed by atoms with van der Waals surface area (Å²) in [4.78, 5) is 0. The summed E-state index contributed by atoms with van der Waals surface area (Å²) in [6.45, 7) is 3.23. The van der Waals surface area contributed by atoms with Gasteiger partial charge in [0.25, 0.3) is 0 Å². The number of hydrogen-bond acceptors (Lipinski definition) is 2. The smallest absolute Gasteiger partial charge is 0.127 e. The Labute approximate surface area is 139 Å². The van der Waals surface area contributed by atoms with Gasteiger partial charge in [-0.1, -0.05) is 58.7 Å². The van der Waals surface area contributed by atoms with Crippen molar-refractivity contribution in [3.05, 3.63) is 58.6 Å². The van der Waals surface area contributed by atoms with Gasteiger partial charge in [0.05, 0.1) is 6.61 Å². The molecule has 0 N–H and O–H groups in total. The Kier molecular flexibility index (Phi) is 6.40. The van der Waals surface area contributed by atoms with E-state index in [1.54, 1.807) is 0 Å². The molecule has 0 bridgehead atoms. The van der Waals surface area contributed by atoms with E-state index in [1.165, 1.54) is 0 Å². The molecule has 0 saturated carbocycles. The molecule has 0 heterocycles. The van der Waals surface area contributed by atoms with Crippen molar-refractivity contribution in [2.24, 2.45) is 0 Å². The van der Waals surface area contributed by atoms with Crippen LogP contribution in [0.15, 0.2) is 42.5 Å².